The van der Waals surface area contributed by atoms with Gasteiger partial charge in [-0.2, -0.15) is 0 Å². The molecule has 6 heteroatoms. The number of ether oxygens (including phenoxy) is 1. The molecule has 0 spiro atoms. The van der Waals surface area contributed by atoms with Gasteiger partial charge in [-0.1, -0.05) is 24.6 Å². The summed E-state index contributed by atoms with van der Waals surface area (Å²) in [7, 11) is 0. The van der Waals surface area contributed by atoms with E-state index >= 15 is 0 Å². The lowest BCUT2D eigenvalue weighted by Gasteiger charge is -2.35. The molecule has 4 nitrogen and oxygen atoms in total. The Labute approximate surface area is 153 Å². The number of nitrogens with zero attached hydrogens (tertiary/aromatic N) is 1. The molecule has 0 saturated carbocycles. The second-order valence-electron chi connectivity index (χ2n) is 7.16. The largest absolute Gasteiger partial charge is 0.370 e. The highest BCUT2D eigenvalue weighted by Crippen LogP contribution is 2.28. The number of carbonyl (C=O) groups is 1. The van der Waals surface area contributed by atoms with Crippen molar-refractivity contribution < 1.29 is 13.9 Å². The minimum atomic E-state index is -0.441. The number of carbonyl (C=O) groups excluding carboxylic acids is 1. The van der Waals surface area contributed by atoms with Crippen molar-refractivity contribution in [3.63, 3.8) is 0 Å². The fourth-order valence-electron chi connectivity index (χ4n) is 3.73. The zero-order chi connectivity index (χ0) is 17.8. The highest BCUT2D eigenvalue weighted by molar-refractivity contribution is 6.30. The summed E-state index contributed by atoms with van der Waals surface area (Å²) in [5, 5.41) is 3.50. The van der Waals surface area contributed by atoms with Crippen molar-refractivity contribution in [3.05, 3.63) is 34.6 Å². The van der Waals surface area contributed by atoms with E-state index in [0.717, 1.165) is 18.7 Å². The van der Waals surface area contributed by atoms with Gasteiger partial charge in [0.2, 0.25) is 5.91 Å². The fraction of sp³-hybridized carbons (Fsp3) is 0.632. The normalized spacial score (nSPS) is 25.6. The van der Waals surface area contributed by atoms with Crippen LogP contribution in [0.15, 0.2) is 18.2 Å². The van der Waals surface area contributed by atoms with Crippen LogP contribution in [0.25, 0.3) is 0 Å². The first-order chi connectivity index (χ1) is 12.0. The van der Waals surface area contributed by atoms with Crippen LogP contribution in [0.4, 0.5) is 4.39 Å². The molecule has 1 aromatic rings. The quantitative estimate of drug-likeness (QED) is 0.885. The summed E-state index contributed by atoms with van der Waals surface area (Å²) in [4.78, 5) is 14.6. The molecule has 0 radical (unpaired) electrons. The van der Waals surface area contributed by atoms with Crippen molar-refractivity contribution in [1.82, 2.24) is 10.2 Å². The molecule has 0 aromatic heterocycles. The molecule has 3 rings (SSSR count). The van der Waals surface area contributed by atoms with Crippen LogP contribution in [-0.2, 0) is 9.53 Å². The maximum absolute atomic E-state index is 13.3. The summed E-state index contributed by atoms with van der Waals surface area (Å²) in [5.41, 5.74) is 0.813. The Balaban J connectivity index is 1.58. The lowest BCUT2D eigenvalue weighted by molar-refractivity contribution is -0.140. The van der Waals surface area contributed by atoms with Crippen LogP contribution >= 0.6 is 11.6 Å². The second kappa shape index (κ2) is 8.47. The van der Waals surface area contributed by atoms with Crippen LogP contribution in [0.1, 0.15) is 37.9 Å². The maximum Gasteiger partial charge on any atom is 0.223 e. The zero-order valence-electron chi connectivity index (χ0n) is 14.6. The molecule has 2 aliphatic rings. The van der Waals surface area contributed by atoms with Crippen LogP contribution in [0, 0.1) is 17.7 Å². The molecule has 1 amide bonds. The third kappa shape index (κ3) is 4.72. The van der Waals surface area contributed by atoms with E-state index in [0.29, 0.717) is 38.0 Å². The number of halogens is 2. The van der Waals surface area contributed by atoms with E-state index in [-0.39, 0.29) is 17.0 Å². The Morgan fingerprint density at radius 1 is 1.52 bits per heavy atom. The average molecular weight is 369 g/mol. The number of hydrogen-bond donors (Lipinski definition) is 1. The molecule has 0 aliphatic carbocycles. The predicted octanol–water partition coefficient (Wildman–Crippen LogP) is 3.40. The maximum atomic E-state index is 13.3. The Hall–Kier alpha value is -1.17. The summed E-state index contributed by atoms with van der Waals surface area (Å²) in [6.45, 7) is 5.87. The van der Waals surface area contributed by atoms with Crippen LogP contribution in [0.3, 0.4) is 0 Å². The Morgan fingerprint density at radius 3 is 3.08 bits per heavy atom. The molecule has 0 bridgehead atoms. The van der Waals surface area contributed by atoms with E-state index in [1.807, 2.05) is 4.90 Å². The van der Waals surface area contributed by atoms with Crippen molar-refractivity contribution in [2.75, 3.05) is 32.8 Å². The topological polar surface area (TPSA) is 41.6 Å². The molecule has 138 valence electrons. The third-order valence-corrected chi connectivity index (χ3v) is 5.66. The van der Waals surface area contributed by atoms with Crippen molar-refractivity contribution in [3.8, 4) is 0 Å². The molecular weight excluding hydrogens is 343 g/mol. The number of rotatable bonds is 4. The lowest BCUT2D eigenvalue weighted by Crippen LogP contribution is -2.43. The van der Waals surface area contributed by atoms with Gasteiger partial charge in [-0.25, -0.2) is 4.39 Å². The van der Waals surface area contributed by atoms with Crippen molar-refractivity contribution in [2.45, 2.75) is 32.3 Å². The van der Waals surface area contributed by atoms with Crippen LogP contribution in [-0.4, -0.2) is 43.6 Å². The monoisotopic (exact) mass is 368 g/mol. The van der Waals surface area contributed by atoms with Gasteiger partial charge in [-0.15, -0.1) is 0 Å². The van der Waals surface area contributed by atoms with Gasteiger partial charge < -0.3 is 15.0 Å². The predicted molar refractivity (Wildman–Crippen MR) is 96.1 cm³/mol. The lowest BCUT2D eigenvalue weighted by atomic mass is 9.85. The van der Waals surface area contributed by atoms with E-state index in [1.54, 1.807) is 12.1 Å². The highest BCUT2D eigenvalue weighted by Gasteiger charge is 2.28. The molecule has 25 heavy (non-hydrogen) atoms. The van der Waals surface area contributed by atoms with Gasteiger partial charge in [0.15, 0.2) is 0 Å². The van der Waals surface area contributed by atoms with Crippen LogP contribution in [0.2, 0.25) is 5.02 Å². The number of amides is 1. The number of hydrogen-bond acceptors (Lipinski definition) is 3. The standard InChI is InChI=1S/C19H26ClFN2O2/c1-13(15-3-2-6-22-11-15)9-19(24)23-7-8-25-18(12-23)14-4-5-17(21)16(20)10-14/h4-5,10,13,15,18,22H,2-3,6-9,11-12H2,1H3. The number of benzene rings is 1. The summed E-state index contributed by atoms with van der Waals surface area (Å²) < 4.78 is 19.1. The molecule has 1 N–H and O–H groups in total. The molecule has 2 heterocycles. The fourth-order valence-corrected chi connectivity index (χ4v) is 3.91. The van der Waals surface area contributed by atoms with E-state index in [4.69, 9.17) is 16.3 Å². The molecule has 2 fully saturated rings. The Morgan fingerprint density at radius 2 is 2.36 bits per heavy atom. The smallest absolute Gasteiger partial charge is 0.223 e. The van der Waals surface area contributed by atoms with Crippen LogP contribution in [0.5, 0.6) is 0 Å². The van der Waals surface area contributed by atoms with E-state index in [2.05, 4.69) is 12.2 Å². The molecule has 2 saturated heterocycles. The summed E-state index contributed by atoms with van der Waals surface area (Å²) in [5.74, 6) is 0.691. The summed E-state index contributed by atoms with van der Waals surface area (Å²) >= 11 is 5.87. The second-order valence-corrected chi connectivity index (χ2v) is 7.57. The zero-order valence-corrected chi connectivity index (χ0v) is 15.4. The third-order valence-electron chi connectivity index (χ3n) is 5.37. The van der Waals surface area contributed by atoms with E-state index in [1.165, 1.54) is 18.9 Å². The highest BCUT2D eigenvalue weighted by atomic mass is 35.5. The Kier molecular flexibility index (Phi) is 6.31. The van der Waals surface area contributed by atoms with E-state index in [9.17, 15) is 9.18 Å². The molecule has 2 aliphatic heterocycles. The first kappa shape index (κ1) is 18.6. The van der Waals surface area contributed by atoms with Crippen molar-refractivity contribution in [2.24, 2.45) is 11.8 Å². The minimum Gasteiger partial charge on any atom is -0.370 e. The van der Waals surface area contributed by atoms with Gasteiger partial charge >= 0.3 is 0 Å². The minimum absolute atomic E-state index is 0.0861. The first-order valence-corrected chi connectivity index (χ1v) is 9.47. The van der Waals surface area contributed by atoms with Crippen molar-refractivity contribution >= 4 is 17.5 Å². The van der Waals surface area contributed by atoms with Gasteiger partial charge in [-0.3, -0.25) is 4.79 Å². The number of piperidine rings is 1. The van der Waals surface area contributed by atoms with Gasteiger partial charge in [-0.05, 0) is 55.5 Å². The summed E-state index contributed by atoms with van der Waals surface area (Å²) in [6.07, 6.45) is 2.71. The molecular formula is C19H26ClFN2O2. The van der Waals surface area contributed by atoms with Crippen molar-refractivity contribution in [1.29, 1.82) is 0 Å². The van der Waals surface area contributed by atoms with Gasteiger partial charge in [0, 0.05) is 13.0 Å². The van der Waals surface area contributed by atoms with E-state index < -0.39 is 5.82 Å². The van der Waals surface area contributed by atoms with Gasteiger partial charge in [0.05, 0.1) is 18.2 Å². The first-order valence-electron chi connectivity index (χ1n) is 9.09. The van der Waals surface area contributed by atoms with Crippen LogP contribution < -0.4 is 5.32 Å². The molecule has 1 aromatic carbocycles. The molecule has 3 unspecified atom stereocenters. The Bertz CT molecular complexity index is 607. The number of nitrogens with one attached hydrogen (secondary N) is 1. The van der Waals surface area contributed by atoms with Gasteiger partial charge in [0.1, 0.15) is 11.9 Å². The SMILES string of the molecule is CC(CC(=O)N1CCOC(c2ccc(F)c(Cl)c2)C1)C1CCCNC1. The summed E-state index contributed by atoms with van der Waals surface area (Å²) in [6, 6.07) is 4.61. The number of morpholine rings is 1. The average Bonchev–Trinajstić information content (AvgIpc) is 2.64. The van der Waals surface area contributed by atoms with Gasteiger partial charge in [0.25, 0.3) is 0 Å². The molecule has 3 atom stereocenters.